The van der Waals surface area contributed by atoms with E-state index >= 15 is 4.39 Å². The summed E-state index contributed by atoms with van der Waals surface area (Å²) in [4.78, 5) is 18.5. The number of rotatable bonds is 5. The second-order valence-corrected chi connectivity index (χ2v) is 12.8. The van der Waals surface area contributed by atoms with Crippen LogP contribution < -0.4 is 15.0 Å². The number of pyridine rings is 1. The van der Waals surface area contributed by atoms with Crippen LogP contribution in [0, 0.1) is 23.6 Å². The van der Waals surface area contributed by atoms with Crippen molar-refractivity contribution >= 4 is 27.5 Å². The molecule has 1 spiro atoms. The summed E-state index contributed by atoms with van der Waals surface area (Å²) in [7, 11) is 0. The molecule has 4 fully saturated rings. The molecule has 220 valence electrons. The number of nitrogens with zero attached hydrogens (tertiary/aromatic N) is 5. The first-order chi connectivity index (χ1) is 21.0. The molecule has 0 saturated carbocycles. The second-order valence-electron chi connectivity index (χ2n) is 12.8. The SMILES string of the molecule is C#Cc1cccc2cccc(-c3ncc4c(N5CC6(CCNCC6)C5)nc(OC[C@@]56CCCN5C[C@H](F)C6)nc4c3F)c12. The fourth-order valence-corrected chi connectivity index (χ4v) is 8.01. The van der Waals surface area contributed by atoms with E-state index in [9.17, 15) is 4.39 Å². The van der Waals surface area contributed by atoms with E-state index in [4.69, 9.17) is 16.1 Å². The molecule has 7 nitrogen and oxygen atoms in total. The molecule has 2 aromatic heterocycles. The van der Waals surface area contributed by atoms with Gasteiger partial charge in [0, 0.05) is 54.2 Å². The quantitative estimate of drug-likeness (QED) is 0.329. The fraction of sp³-hybridized carbons (Fsp3) is 0.441. The molecule has 4 aliphatic heterocycles. The zero-order valence-corrected chi connectivity index (χ0v) is 24.1. The van der Waals surface area contributed by atoms with Crippen molar-refractivity contribution in [1.82, 2.24) is 25.2 Å². The van der Waals surface area contributed by atoms with E-state index in [1.54, 1.807) is 6.20 Å². The Bertz CT molecular complexity index is 1770. The molecule has 6 heterocycles. The number of hydrogen-bond donors (Lipinski definition) is 1. The Morgan fingerprint density at radius 1 is 1.09 bits per heavy atom. The molecule has 0 aliphatic carbocycles. The van der Waals surface area contributed by atoms with Crippen LogP contribution in [0.2, 0.25) is 0 Å². The largest absolute Gasteiger partial charge is 0.461 e. The minimum absolute atomic E-state index is 0.121. The van der Waals surface area contributed by atoms with Gasteiger partial charge < -0.3 is 15.0 Å². The van der Waals surface area contributed by atoms with Crippen molar-refractivity contribution < 1.29 is 13.5 Å². The van der Waals surface area contributed by atoms with E-state index in [-0.39, 0.29) is 34.8 Å². The third kappa shape index (κ3) is 4.34. The number of benzene rings is 2. The average Bonchev–Trinajstić information content (AvgIpc) is 3.54. The molecular formula is C34H34F2N6O. The topological polar surface area (TPSA) is 66.4 Å². The van der Waals surface area contributed by atoms with E-state index in [1.165, 1.54) is 0 Å². The minimum atomic E-state index is -0.862. The molecule has 4 saturated heterocycles. The number of piperidine rings is 1. The van der Waals surface area contributed by atoms with Crippen molar-refractivity contribution in [3.05, 3.63) is 54.0 Å². The summed E-state index contributed by atoms with van der Waals surface area (Å²) in [5, 5.41) is 5.70. The van der Waals surface area contributed by atoms with Crippen LogP contribution in [0.15, 0.2) is 42.6 Å². The van der Waals surface area contributed by atoms with Crippen molar-refractivity contribution in [2.45, 2.75) is 43.8 Å². The van der Waals surface area contributed by atoms with E-state index < -0.39 is 12.0 Å². The molecule has 9 heteroatoms. The average molecular weight is 581 g/mol. The van der Waals surface area contributed by atoms with Gasteiger partial charge in [-0.05, 0) is 56.8 Å². The lowest BCUT2D eigenvalue weighted by atomic mass is 9.72. The Kier molecular flexibility index (Phi) is 6.28. The lowest BCUT2D eigenvalue weighted by Gasteiger charge is -2.53. The lowest BCUT2D eigenvalue weighted by molar-refractivity contribution is 0.107. The first kappa shape index (κ1) is 26.7. The van der Waals surface area contributed by atoms with Crippen molar-refractivity contribution in [2.75, 3.05) is 50.8 Å². The highest BCUT2D eigenvalue weighted by atomic mass is 19.1. The maximum atomic E-state index is 16.7. The van der Waals surface area contributed by atoms with Crippen molar-refractivity contribution in [2.24, 2.45) is 5.41 Å². The van der Waals surface area contributed by atoms with Crippen LogP contribution in [0.4, 0.5) is 14.6 Å². The van der Waals surface area contributed by atoms with Crippen molar-refractivity contribution in [1.29, 1.82) is 0 Å². The van der Waals surface area contributed by atoms with E-state index in [0.717, 1.165) is 69.2 Å². The van der Waals surface area contributed by atoms with Crippen LogP contribution in [0.1, 0.15) is 37.7 Å². The summed E-state index contributed by atoms with van der Waals surface area (Å²) in [5.41, 5.74) is 1.54. The molecule has 0 amide bonds. The molecule has 43 heavy (non-hydrogen) atoms. The first-order valence-corrected chi connectivity index (χ1v) is 15.3. The summed E-state index contributed by atoms with van der Waals surface area (Å²) in [5.74, 6) is 2.84. The normalized spacial score (nSPS) is 24.8. The third-order valence-electron chi connectivity index (χ3n) is 10.2. The lowest BCUT2D eigenvalue weighted by Crippen LogP contribution is -2.60. The highest BCUT2D eigenvalue weighted by Crippen LogP contribution is 2.44. The molecule has 4 aliphatic rings. The Balaban J connectivity index is 1.22. The number of halogens is 2. The van der Waals surface area contributed by atoms with Crippen LogP contribution in [0.5, 0.6) is 6.01 Å². The highest BCUT2D eigenvalue weighted by Gasteiger charge is 2.49. The number of hydrogen-bond acceptors (Lipinski definition) is 7. The summed E-state index contributed by atoms with van der Waals surface area (Å²) < 4.78 is 37.4. The molecule has 2 aromatic carbocycles. The number of ether oxygens (including phenoxy) is 1. The molecule has 8 rings (SSSR count). The van der Waals surface area contributed by atoms with Gasteiger partial charge in [-0.3, -0.25) is 9.88 Å². The maximum Gasteiger partial charge on any atom is 0.319 e. The number of alkyl halides is 1. The van der Waals surface area contributed by atoms with Crippen molar-refractivity contribution in [3.8, 4) is 29.6 Å². The molecular weight excluding hydrogens is 546 g/mol. The number of terminal acetylenes is 1. The Hall–Kier alpha value is -3.87. The summed E-state index contributed by atoms with van der Waals surface area (Å²) in [6, 6.07) is 11.5. The number of fused-ring (bicyclic) bond motifs is 3. The third-order valence-corrected chi connectivity index (χ3v) is 10.2. The zero-order chi connectivity index (χ0) is 29.2. The van der Waals surface area contributed by atoms with Crippen molar-refractivity contribution in [3.63, 3.8) is 0 Å². The van der Waals surface area contributed by atoms with E-state index in [2.05, 4.69) is 31.0 Å². The van der Waals surface area contributed by atoms with Gasteiger partial charge in [-0.1, -0.05) is 36.3 Å². The summed E-state index contributed by atoms with van der Waals surface area (Å²) in [6.45, 7) is 5.29. The van der Waals surface area contributed by atoms with Crippen LogP contribution in [-0.4, -0.2) is 77.4 Å². The Morgan fingerprint density at radius 3 is 2.72 bits per heavy atom. The van der Waals surface area contributed by atoms with Crippen LogP contribution in [0.25, 0.3) is 32.9 Å². The van der Waals surface area contributed by atoms with Gasteiger partial charge in [-0.25, -0.2) is 8.78 Å². The van der Waals surface area contributed by atoms with Crippen LogP contribution in [-0.2, 0) is 0 Å². The van der Waals surface area contributed by atoms with Gasteiger partial charge in [-0.15, -0.1) is 6.42 Å². The van der Waals surface area contributed by atoms with E-state index in [0.29, 0.717) is 35.3 Å². The predicted molar refractivity (Wildman–Crippen MR) is 163 cm³/mol. The van der Waals surface area contributed by atoms with Crippen LogP contribution in [0.3, 0.4) is 0 Å². The second kappa shape index (κ2) is 10.1. The van der Waals surface area contributed by atoms with Gasteiger partial charge in [0.25, 0.3) is 0 Å². The monoisotopic (exact) mass is 580 g/mol. The highest BCUT2D eigenvalue weighted by molar-refractivity contribution is 6.02. The fourth-order valence-electron chi connectivity index (χ4n) is 8.01. The molecule has 4 aromatic rings. The summed E-state index contributed by atoms with van der Waals surface area (Å²) >= 11 is 0. The van der Waals surface area contributed by atoms with Gasteiger partial charge in [0.2, 0.25) is 0 Å². The molecule has 0 bridgehead atoms. The van der Waals surface area contributed by atoms with Gasteiger partial charge in [-0.2, -0.15) is 9.97 Å². The summed E-state index contributed by atoms with van der Waals surface area (Å²) in [6.07, 6.45) is 11.2. The molecule has 2 atom stereocenters. The van der Waals surface area contributed by atoms with E-state index in [1.807, 2.05) is 36.4 Å². The molecule has 0 radical (unpaired) electrons. The number of nitrogens with one attached hydrogen (secondary N) is 1. The van der Waals surface area contributed by atoms with Gasteiger partial charge in [0.15, 0.2) is 5.82 Å². The van der Waals surface area contributed by atoms with Gasteiger partial charge in [0.05, 0.1) is 10.9 Å². The van der Waals surface area contributed by atoms with Gasteiger partial charge in [0.1, 0.15) is 29.8 Å². The molecule has 1 N–H and O–H groups in total. The maximum absolute atomic E-state index is 16.7. The van der Waals surface area contributed by atoms with Gasteiger partial charge >= 0.3 is 6.01 Å². The Labute approximate surface area is 249 Å². The zero-order valence-electron chi connectivity index (χ0n) is 24.1. The Morgan fingerprint density at radius 2 is 1.91 bits per heavy atom. The van der Waals surface area contributed by atoms with Crippen LogP contribution >= 0.6 is 0 Å². The predicted octanol–water partition coefficient (Wildman–Crippen LogP) is 5.11. The first-order valence-electron chi connectivity index (χ1n) is 15.3. The number of anilines is 1. The standard InChI is InChI=1S/C34H34F2N6O/c1-2-22-6-3-7-23-8-4-9-25(27(22)23)29-28(36)30-26(17-38-29)31(41-19-33(20-41)11-13-37-14-12-33)40-32(39-30)43-21-34-10-5-15-42(34)18-24(35)16-34/h1,3-4,6-9,17,24,37H,5,10-16,18-21H2/t24-,34+/m1/s1. The smallest absolute Gasteiger partial charge is 0.319 e. The molecule has 0 unspecified atom stereocenters. The minimum Gasteiger partial charge on any atom is -0.461 e. The number of aromatic nitrogens is 3.